The summed E-state index contributed by atoms with van der Waals surface area (Å²) in [7, 11) is 0. The normalized spacial score (nSPS) is 23.5. The highest BCUT2D eigenvalue weighted by Crippen LogP contribution is 2.37. The summed E-state index contributed by atoms with van der Waals surface area (Å²) in [6.07, 6.45) is 0. The Morgan fingerprint density at radius 3 is 2.54 bits per heavy atom. The quantitative estimate of drug-likeness (QED) is 0.853. The van der Waals surface area contributed by atoms with E-state index >= 15 is 0 Å². The first-order valence-electron chi connectivity index (χ1n) is 8.78. The average molecular weight is 393 g/mol. The van der Waals surface area contributed by atoms with Crippen LogP contribution in [0.2, 0.25) is 0 Å². The summed E-state index contributed by atoms with van der Waals surface area (Å²) in [6.45, 7) is 5.03. The minimum atomic E-state index is 0. The highest BCUT2D eigenvalue weighted by molar-refractivity contribution is 7.17. The fraction of sp³-hybridized carbons (Fsp3) is 0.421. The van der Waals surface area contributed by atoms with Crippen LogP contribution in [0.5, 0.6) is 11.5 Å². The van der Waals surface area contributed by atoms with Crippen LogP contribution in [-0.4, -0.2) is 50.2 Å². The van der Waals surface area contributed by atoms with Gasteiger partial charge in [-0.1, -0.05) is 0 Å². The number of nitrogens with zero attached hydrogens (tertiary/aromatic N) is 1. The van der Waals surface area contributed by atoms with Gasteiger partial charge in [0.15, 0.2) is 11.5 Å². The number of benzene rings is 1. The highest BCUT2D eigenvalue weighted by Gasteiger charge is 2.38. The first-order valence-corrected chi connectivity index (χ1v) is 9.59. The summed E-state index contributed by atoms with van der Waals surface area (Å²) < 4.78 is 11.2. The predicted octanol–water partition coefficient (Wildman–Crippen LogP) is 2.90. The molecule has 1 N–H and O–H groups in total. The van der Waals surface area contributed by atoms with Crippen LogP contribution < -0.4 is 14.8 Å². The van der Waals surface area contributed by atoms with Crippen LogP contribution in [0.1, 0.15) is 9.67 Å². The molecule has 138 valence electrons. The van der Waals surface area contributed by atoms with Crippen molar-refractivity contribution in [1.29, 1.82) is 0 Å². The van der Waals surface area contributed by atoms with Gasteiger partial charge in [-0.3, -0.25) is 4.79 Å². The molecule has 0 aliphatic carbocycles. The molecule has 1 aromatic carbocycles. The second-order valence-corrected chi connectivity index (χ2v) is 7.99. The summed E-state index contributed by atoms with van der Waals surface area (Å²) in [5.74, 6) is 3.00. The molecule has 2 aromatic rings. The molecule has 0 radical (unpaired) electrons. The van der Waals surface area contributed by atoms with E-state index in [0.29, 0.717) is 25.0 Å². The number of likely N-dealkylation sites (tertiary alicyclic amines) is 1. The lowest BCUT2D eigenvalue weighted by Crippen LogP contribution is -2.31. The van der Waals surface area contributed by atoms with E-state index in [-0.39, 0.29) is 18.3 Å². The van der Waals surface area contributed by atoms with Crippen molar-refractivity contribution in [2.24, 2.45) is 11.8 Å². The van der Waals surface area contributed by atoms with Gasteiger partial charge in [-0.15, -0.1) is 23.7 Å². The van der Waals surface area contributed by atoms with Gasteiger partial charge >= 0.3 is 0 Å². The molecule has 2 fully saturated rings. The molecular formula is C19H21ClN2O3S. The molecule has 3 aliphatic heterocycles. The topological polar surface area (TPSA) is 50.8 Å². The maximum Gasteiger partial charge on any atom is 0.263 e. The molecule has 0 spiro atoms. The Hall–Kier alpha value is -1.76. The Morgan fingerprint density at radius 2 is 1.77 bits per heavy atom. The smallest absolute Gasteiger partial charge is 0.263 e. The number of halogens is 1. The molecule has 0 bridgehead atoms. The van der Waals surface area contributed by atoms with Gasteiger partial charge in [0.1, 0.15) is 13.2 Å². The van der Waals surface area contributed by atoms with Gasteiger partial charge in [-0.05, 0) is 47.7 Å². The molecule has 1 amide bonds. The summed E-state index contributed by atoms with van der Waals surface area (Å²) in [5, 5.41) is 3.42. The van der Waals surface area contributed by atoms with E-state index in [2.05, 4.69) is 5.32 Å². The van der Waals surface area contributed by atoms with Crippen LogP contribution in [0.25, 0.3) is 10.4 Å². The highest BCUT2D eigenvalue weighted by atomic mass is 35.5. The first kappa shape index (κ1) is 17.6. The van der Waals surface area contributed by atoms with Crippen molar-refractivity contribution in [2.45, 2.75) is 0 Å². The number of amides is 1. The third kappa shape index (κ3) is 3.06. The SMILES string of the molecule is Cl.O=C(c1ccc(-c2ccc3c(c2)OCCO3)s1)N1C[C@H]2CNC[C@H]2C1. The fourth-order valence-electron chi connectivity index (χ4n) is 3.98. The number of hydrogen-bond donors (Lipinski definition) is 1. The van der Waals surface area contributed by atoms with Gasteiger partial charge in [0.05, 0.1) is 4.88 Å². The molecule has 0 unspecified atom stereocenters. The van der Waals surface area contributed by atoms with Crippen molar-refractivity contribution >= 4 is 29.7 Å². The molecule has 26 heavy (non-hydrogen) atoms. The molecule has 4 heterocycles. The molecule has 5 rings (SSSR count). The van der Waals surface area contributed by atoms with Gasteiger partial charge in [0, 0.05) is 31.1 Å². The third-order valence-corrected chi connectivity index (χ3v) is 6.44. The Bertz CT molecular complexity index is 813. The Labute approximate surface area is 162 Å². The van der Waals surface area contributed by atoms with Gasteiger partial charge in [-0.2, -0.15) is 0 Å². The van der Waals surface area contributed by atoms with Crippen LogP contribution in [0.4, 0.5) is 0 Å². The zero-order valence-electron chi connectivity index (χ0n) is 14.3. The molecule has 2 atom stereocenters. The van der Waals surface area contributed by atoms with Crippen LogP contribution in [0.15, 0.2) is 30.3 Å². The zero-order chi connectivity index (χ0) is 16.8. The minimum absolute atomic E-state index is 0. The van der Waals surface area contributed by atoms with Crippen molar-refractivity contribution in [3.63, 3.8) is 0 Å². The molecular weight excluding hydrogens is 372 g/mol. The number of hydrogen-bond acceptors (Lipinski definition) is 5. The van der Waals surface area contributed by atoms with Crippen LogP contribution in [-0.2, 0) is 0 Å². The fourth-order valence-corrected chi connectivity index (χ4v) is 4.95. The van der Waals surface area contributed by atoms with E-state index < -0.39 is 0 Å². The monoisotopic (exact) mass is 392 g/mol. The summed E-state index contributed by atoms with van der Waals surface area (Å²) in [6, 6.07) is 9.95. The number of ether oxygens (including phenoxy) is 2. The van der Waals surface area contributed by atoms with Crippen LogP contribution in [0.3, 0.4) is 0 Å². The number of rotatable bonds is 2. The number of fused-ring (bicyclic) bond motifs is 2. The largest absolute Gasteiger partial charge is 0.486 e. The summed E-state index contributed by atoms with van der Waals surface area (Å²) in [5.41, 5.74) is 1.07. The third-order valence-electron chi connectivity index (χ3n) is 5.32. The van der Waals surface area contributed by atoms with E-state index in [4.69, 9.17) is 9.47 Å². The van der Waals surface area contributed by atoms with E-state index in [1.165, 1.54) is 0 Å². The van der Waals surface area contributed by atoms with Crippen molar-refractivity contribution in [1.82, 2.24) is 10.2 Å². The lowest BCUT2D eigenvalue weighted by atomic mass is 10.0. The maximum atomic E-state index is 12.8. The molecule has 0 saturated carbocycles. The number of carbonyl (C=O) groups is 1. The predicted molar refractivity (Wildman–Crippen MR) is 104 cm³/mol. The standard InChI is InChI=1S/C19H20N2O3S.ClH/c22-19(21-10-13-8-20-9-14(13)11-21)18-4-3-17(25-18)12-1-2-15-16(7-12)24-6-5-23-15;/h1-4,7,13-14,20H,5-6,8-11H2;1H/t13-,14+;. The number of nitrogens with one attached hydrogen (secondary N) is 1. The second kappa shape index (κ2) is 7.10. The van der Waals surface area contributed by atoms with Crippen molar-refractivity contribution in [3.05, 3.63) is 35.2 Å². The lowest BCUT2D eigenvalue weighted by Gasteiger charge is -2.18. The lowest BCUT2D eigenvalue weighted by molar-refractivity contribution is 0.0786. The van der Waals surface area contributed by atoms with E-state index in [1.807, 2.05) is 35.2 Å². The number of carbonyl (C=O) groups excluding carboxylic acids is 1. The van der Waals surface area contributed by atoms with Gasteiger partial charge in [0.25, 0.3) is 5.91 Å². The van der Waals surface area contributed by atoms with E-state index in [0.717, 1.165) is 53.0 Å². The maximum absolute atomic E-state index is 12.8. The number of thiophene rings is 1. The Balaban J connectivity index is 0.00000168. The first-order chi connectivity index (χ1) is 12.3. The molecule has 5 nitrogen and oxygen atoms in total. The molecule has 1 aromatic heterocycles. The Kier molecular flexibility index (Phi) is 4.82. The van der Waals surface area contributed by atoms with Crippen molar-refractivity contribution < 1.29 is 14.3 Å². The van der Waals surface area contributed by atoms with Crippen LogP contribution in [0, 0.1) is 11.8 Å². The zero-order valence-corrected chi connectivity index (χ0v) is 15.9. The van der Waals surface area contributed by atoms with E-state index in [9.17, 15) is 4.79 Å². The summed E-state index contributed by atoms with van der Waals surface area (Å²) >= 11 is 1.56. The minimum Gasteiger partial charge on any atom is -0.486 e. The van der Waals surface area contributed by atoms with Crippen molar-refractivity contribution in [3.8, 4) is 21.9 Å². The van der Waals surface area contributed by atoms with Gasteiger partial charge < -0.3 is 19.7 Å². The summed E-state index contributed by atoms with van der Waals surface area (Å²) in [4.78, 5) is 16.8. The van der Waals surface area contributed by atoms with Crippen LogP contribution >= 0.6 is 23.7 Å². The van der Waals surface area contributed by atoms with Gasteiger partial charge in [0.2, 0.25) is 0 Å². The second-order valence-electron chi connectivity index (χ2n) is 6.91. The molecule has 3 aliphatic rings. The molecule has 2 saturated heterocycles. The van der Waals surface area contributed by atoms with Gasteiger partial charge in [-0.25, -0.2) is 0 Å². The van der Waals surface area contributed by atoms with E-state index in [1.54, 1.807) is 11.3 Å². The Morgan fingerprint density at radius 1 is 1.04 bits per heavy atom. The average Bonchev–Trinajstić information content (AvgIpc) is 3.36. The van der Waals surface area contributed by atoms with Crippen molar-refractivity contribution in [2.75, 3.05) is 39.4 Å². The molecule has 7 heteroatoms.